The van der Waals surface area contributed by atoms with E-state index in [1.165, 1.54) is 0 Å². The van der Waals surface area contributed by atoms with Crippen molar-refractivity contribution in [3.8, 4) is 0 Å². The summed E-state index contributed by atoms with van der Waals surface area (Å²) in [7, 11) is -3.44. The van der Waals surface area contributed by atoms with Gasteiger partial charge in [0, 0.05) is 31.5 Å². The number of sulfonamides is 1. The van der Waals surface area contributed by atoms with Gasteiger partial charge in [-0.3, -0.25) is 0 Å². The molecule has 130 valence electrons. The molecule has 2 heterocycles. The lowest BCUT2D eigenvalue weighted by molar-refractivity contribution is 0.274. The molecular weight excluding hydrogens is 320 g/mol. The van der Waals surface area contributed by atoms with E-state index in [9.17, 15) is 8.42 Å². The van der Waals surface area contributed by atoms with Crippen molar-refractivity contribution in [1.29, 1.82) is 0 Å². The van der Waals surface area contributed by atoms with Crippen LogP contribution in [0, 0.1) is 27.7 Å². The van der Waals surface area contributed by atoms with E-state index in [0.717, 1.165) is 35.1 Å². The number of benzene rings is 1. The quantitative estimate of drug-likeness (QED) is 0.849. The Balaban J connectivity index is 1.88. The van der Waals surface area contributed by atoms with Gasteiger partial charge in [-0.05, 0) is 74.9 Å². The van der Waals surface area contributed by atoms with E-state index >= 15 is 0 Å². The fourth-order valence-electron chi connectivity index (χ4n) is 3.67. The van der Waals surface area contributed by atoms with Crippen LogP contribution in [0.15, 0.2) is 35.5 Å². The number of piperidine rings is 1. The van der Waals surface area contributed by atoms with Gasteiger partial charge in [-0.25, -0.2) is 8.42 Å². The van der Waals surface area contributed by atoms with Crippen molar-refractivity contribution in [2.45, 2.75) is 51.5 Å². The minimum absolute atomic E-state index is 0.396. The summed E-state index contributed by atoms with van der Waals surface area (Å²) in [6, 6.07) is 6.51. The van der Waals surface area contributed by atoms with Gasteiger partial charge in [-0.15, -0.1) is 0 Å². The highest BCUT2D eigenvalue weighted by Crippen LogP contribution is 2.32. The average Bonchev–Trinajstić information content (AvgIpc) is 3.07. The minimum Gasteiger partial charge on any atom is -0.351 e. The molecule has 0 unspecified atom stereocenters. The van der Waals surface area contributed by atoms with Crippen molar-refractivity contribution in [3.63, 3.8) is 0 Å². The average molecular weight is 346 g/mol. The smallest absolute Gasteiger partial charge is 0.243 e. The number of aryl methyl sites for hydroxylation is 2. The Morgan fingerprint density at radius 1 is 0.917 bits per heavy atom. The zero-order valence-corrected chi connectivity index (χ0v) is 15.7. The monoisotopic (exact) mass is 346 g/mol. The molecule has 2 aromatic rings. The van der Waals surface area contributed by atoms with Crippen LogP contribution in [0.25, 0.3) is 0 Å². The Labute approximate surface area is 145 Å². The number of aromatic nitrogens is 1. The number of hydrogen-bond acceptors (Lipinski definition) is 2. The molecule has 0 N–H and O–H groups in total. The lowest BCUT2D eigenvalue weighted by Crippen LogP contribution is -2.39. The molecule has 5 heteroatoms. The summed E-state index contributed by atoms with van der Waals surface area (Å²) in [4.78, 5) is 0.513. The molecule has 4 nitrogen and oxygen atoms in total. The van der Waals surface area contributed by atoms with Crippen molar-refractivity contribution in [1.82, 2.24) is 8.87 Å². The largest absolute Gasteiger partial charge is 0.351 e. The first-order chi connectivity index (χ1) is 11.3. The Morgan fingerprint density at radius 3 is 1.92 bits per heavy atom. The molecule has 3 rings (SSSR count). The molecule has 0 saturated carbocycles. The third kappa shape index (κ3) is 2.91. The second-order valence-corrected chi connectivity index (χ2v) is 8.73. The Kier molecular flexibility index (Phi) is 4.58. The molecule has 24 heavy (non-hydrogen) atoms. The highest BCUT2D eigenvalue weighted by Gasteiger charge is 2.32. The van der Waals surface area contributed by atoms with Gasteiger partial charge in [0.2, 0.25) is 10.0 Å². The van der Waals surface area contributed by atoms with Gasteiger partial charge in [-0.1, -0.05) is 6.07 Å². The summed E-state index contributed by atoms with van der Waals surface area (Å²) < 4.78 is 30.4. The van der Waals surface area contributed by atoms with Crippen LogP contribution in [0.3, 0.4) is 0 Å². The van der Waals surface area contributed by atoms with Gasteiger partial charge in [0.25, 0.3) is 0 Å². The molecule has 0 aliphatic carbocycles. The molecule has 0 atom stereocenters. The van der Waals surface area contributed by atoms with Crippen LogP contribution in [0.5, 0.6) is 0 Å². The van der Waals surface area contributed by atoms with E-state index in [-0.39, 0.29) is 0 Å². The zero-order valence-electron chi connectivity index (χ0n) is 14.9. The Hall–Kier alpha value is -1.59. The normalized spacial score (nSPS) is 17.3. The van der Waals surface area contributed by atoms with Crippen LogP contribution in [-0.4, -0.2) is 30.4 Å². The van der Waals surface area contributed by atoms with E-state index in [1.807, 2.05) is 39.8 Å². The van der Waals surface area contributed by atoms with Gasteiger partial charge in [0.05, 0.1) is 4.90 Å². The Bertz CT molecular complexity index is 804. The molecule has 1 aliphatic heterocycles. The molecule has 0 spiro atoms. The van der Waals surface area contributed by atoms with Crippen LogP contribution < -0.4 is 0 Å². The van der Waals surface area contributed by atoms with Crippen LogP contribution >= 0.6 is 0 Å². The fraction of sp³-hybridized carbons (Fsp3) is 0.474. The fourth-order valence-corrected chi connectivity index (χ4v) is 5.71. The number of rotatable bonds is 3. The predicted molar refractivity (Wildman–Crippen MR) is 96.9 cm³/mol. The lowest BCUT2D eigenvalue weighted by atomic mass is 10.0. The molecular formula is C19H26N2O2S. The molecule has 1 aliphatic rings. The topological polar surface area (TPSA) is 42.3 Å². The number of hydrogen-bond donors (Lipinski definition) is 0. The first kappa shape index (κ1) is 17.2. The predicted octanol–water partition coefficient (Wildman–Crippen LogP) is 3.75. The van der Waals surface area contributed by atoms with Crippen molar-refractivity contribution < 1.29 is 8.42 Å². The summed E-state index contributed by atoms with van der Waals surface area (Å²) in [5.74, 6) is 0. The highest BCUT2D eigenvalue weighted by molar-refractivity contribution is 7.89. The van der Waals surface area contributed by atoms with Crippen molar-refractivity contribution in [3.05, 3.63) is 52.8 Å². The van der Waals surface area contributed by atoms with E-state index < -0.39 is 10.0 Å². The Morgan fingerprint density at radius 2 is 1.42 bits per heavy atom. The maximum absolute atomic E-state index is 13.2. The van der Waals surface area contributed by atoms with Crippen molar-refractivity contribution >= 4 is 10.0 Å². The SMILES string of the molecule is Cc1cc(C)c(C)c(S(=O)(=O)N2CCC(n3cccc3)CC2)c1C. The van der Waals surface area contributed by atoms with Gasteiger partial charge in [0.1, 0.15) is 0 Å². The first-order valence-electron chi connectivity index (χ1n) is 8.52. The molecule has 1 saturated heterocycles. The van der Waals surface area contributed by atoms with Gasteiger partial charge in [-0.2, -0.15) is 4.31 Å². The van der Waals surface area contributed by atoms with Crippen LogP contribution in [0.1, 0.15) is 41.1 Å². The van der Waals surface area contributed by atoms with Crippen LogP contribution in [-0.2, 0) is 10.0 Å². The van der Waals surface area contributed by atoms with Gasteiger partial charge < -0.3 is 4.57 Å². The number of nitrogens with zero attached hydrogens (tertiary/aromatic N) is 2. The maximum Gasteiger partial charge on any atom is 0.243 e. The molecule has 1 aromatic carbocycles. The van der Waals surface area contributed by atoms with Crippen LogP contribution in [0.2, 0.25) is 0 Å². The highest BCUT2D eigenvalue weighted by atomic mass is 32.2. The minimum atomic E-state index is -3.44. The molecule has 0 radical (unpaired) electrons. The van der Waals surface area contributed by atoms with Gasteiger partial charge in [0.15, 0.2) is 0 Å². The summed E-state index contributed by atoms with van der Waals surface area (Å²) in [6.07, 6.45) is 5.84. The maximum atomic E-state index is 13.2. The molecule has 0 amide bonds. The second kappa shape index (κ2) is 6.37. The standard InChI is InChI=1S/C19H26N2O2S/c1-14-13-15(2)17(4)19(16(14)3)24(22,23)21-11-7-18(8-12-21)20-9-5-6-10-20/h5-6,9-10,13,18H,7-8,11-12H2,1-4H3. The van der Waals surface area contributed by atoms with Gasteiger partial charge >= 0.3 is 0 Å². The summed E-state index contributed by atoms with van der Waals surface area (Å²) in [6.45, 7) is 8.97. The van der Waals surface area contributed by atoms with E-state index in [4.69, 9.17) is 0 Å². The van der Waals surface area contributed by atoms with Crippen molar-refractivity contribution in [2.75, 3.05) is 13.1 Å². The molecule has 1 fully saturated rings. The second-order valence-electron chi connectivity index (χ2n) is 6.86. The first-order valence-corrected chi connectivity index (χ1v) is 9.96. The summed E-state index contributed by atoms with van der Waals surface area (Å²) in [5, 5.41) is 0. The summed E-state index contributed by atoms with van der Waals surface area (Å²) >= 11 is 0. The van der Waals surface area contributed by atoms with Crippen molar-refractivity contribution in [2.24, 2.45) is 0 Å². The van der Waals surface area contributed by atoms with E-state index in [0.29, 0.717) is 24.0 Å². The van der Waals surface area contributed by atoms with Crippen LogP contribution in [0.4, 0.5) is 0 Å². The molecule has 0 bridgehead atoms. The zero-order chi connectivity index (χ0) is 17.5. The third-order valence-electron chi connectivity index (χ3n) is 5.37. The lowest BCUT2D eigenvalue weighted by Gasteiger charge is -2.33. The molecule has 1 aromatic heterocycles. The summed E-state index contributed by atoms with van der Waals surface area (Å²) in [5.41, 5.74) is 3.84. The third-order valence-corrected chi connectivity index (χ3v) is 7.54. The van der Waals surface area contributed by atoms with E-state index in [2.05, 4.69) is 23.0 Å². The van der Waals surface area contributed by atoms with E-state index in [1.54, 1.807) is 4.31 Å².